The molecule has 0 radical (unpaired) electrons. The Morgan fingerprint density at radius 1 is 1.32 bits per heavy atom. The summed E-state index contributed by atoms with van der Waals surface area (Å²) in [6, 6.07) is 7.62. The second kappa shape index (κ2) is 8.36. The number of nitrogens with zero attached hydrogens (tertiary/aromatic N) is 4. The van der Waals surface area contributed by atoms with Crippen molar-refractivity contribution in [1.82, 2.24) is 19.9 Å². The fourth-order valence-electron chi connectivity index (χ4n) is 3.37. The minimum atomic E-state index is -0.900. The number of benzene rings is 1. The average molecular weight is 443 g/mol. The molecular weight excluding hydrogens is 422 g/mol. The van der Waals surface area contributed by atoms with Crippen LogP contribution in [-0.2, 0) is 11.3 Å². The molecule has 162 valence electrons. The van der Waals surface area contributed by atoms with Gasteiger partial charge in [-0.05, 0) is 12.1 Å². The first-order valence-electron chi connectivity index (χ1n) is 9.51. The third-order valence-corrected chi connectivity index (χ3v) is 5.98. The second-order valence-electron chi connectivity index (χ2n) is 7.03. The quantitative estimate of drug-likeness (QED) is 0.577. The molecular formula is C20H21N5O5S. The van der Waals surface area contributed by atoms with E-state index in [0.29, 0.717) is 18.2 Å². The SMILES string of the molecule is COCCN1CN(C)n2cc(C(=O)NCc3nc4ccccc4s3)c(=O)c(O)c2C1=O. The van der Waals surface area contributed by atoms with Crippen LogP contribution in [0.25, 0.3) is 10.2 Å². The number of fused-ring (bicyclic) bond motifs is 2. The van der Waals surface area contributed by atoms with E-state index >= 15 is 0 Å². The van der Waals surface area contributed by atoms with E-state index in [-0.39, 0.29) is 24.5 Å². The Balaban J connectivity index is 1.58. The molecule has 0 unspecified atom stereocenters. The Labute approximate surface area is 181 Å². The Morgan fingerprint density at radius 3 is 2.84 bits per heavy atom. The number of carbonyl (C=O) groups is 2. The van der Waals surface area contributed by atoms with Crippen molar-refractivity contribution in [2.75, 3.05) is 39.0 Å². The van der Waals surface area contributed by atoms with E-state index in [1.165, 1.54) is 34.2 Å². The number of aromatic nitrogens is 2. The van der Waals surface area contributed by atoms with Crippen LogP contribution in [0.3, 0.4) is 0 Å². The first-order valence-corrected chi connectivity index (χ1v) is 10.3. The van der Waals surface area contributed by atoms with Crippen LogP contribution in [0.4, 0.5) is 0 Å². The first kappa shape index (κ1) is 20.8. The molecule has 0 aliphatic carbocycles. The third kappa shape index (κ3) is 3.84. The van der Waals surface area contributed by atoms with E-state index in [0.717, 1.165) is 10.2 Å². The molecule has 0 bridgehead atoms. The molecule has 11 heteroatoms. The number of pyridine rings is 1. The summed E-state index contributed by atoms with van der Waals surface area (Å²) in [7, 11) is 3.20. The normalized spacial score (nSPS) is 13.5. The highest BCUT2D eigenvalue weighted by atomic mass is 32.1. The predicted molar refractivity (Wildman–Crippen MR) is 115 cm³/mol. The number of methoxy groups -OCH3 is 1. The Morgan fingerprint density at radius 2 is 2.10 bits per heavy atom. The van der Waals surface area contributed by atoms with Crippen molar-refractivity contribution in [1.29, 1.82) is 0 Å². The number of hydrogen-bond acceptors (Lipinski definition) is 8. The van der Waals surface area contributed by atoms with E-state index in [4.69, 9.17) is 4.74 Å². The molecule has 0 atom stereocenters. The molecule has 3 aromatic rings. The molecule has 0 spiro atoms. The Hall–Kier alpha value is -3.44. The van der Waals surface area contributed by atoms with Crippen LogP contribution in [0.2, 0.25) is 0 Å². The molecule has 4 rings (SSSR count). The molecule has 0 saturated heterocycles. The molecule has 31 heavy (non-hydrogen) atoms. The maximum atomic E-state index is 12.7. The summed E-state index contributed by atoms with van der Waals surface area (Å²) in [5.74, 6) is -1.92. The van der Waals surface area contributed by atoms with Gasteiger partial charge in [-0.1, -0.05) is 12.1 Å². The van der Waals surface area contributed by atoms with E-state index in [1.807, 2.05) is 24.3 Å². The highest BCUT2D eigenvalue weighted by Gasteiger charge is 2.33. The number of para-hydroxylation sites is 1. The Kier molecular flexibility index (Phi) is 5.61. The second-order valence-corrected chi connectivity index (χ2v) is 8.15. The van der Waals surface area contributed by atoms with Crippen LogP contribution in [0.1, 0.15) is 25.9 Å². The molecule has 0 saturated carbocycles. The van der Waals surface area contributed by atoms with Crippen molar-refractivity contribution >= 4 is 33.4 Å². The Bertz CT molecular complexity index is 1190. The van der Waals surface area contributed by atoms with Crippen molar-refractivity contribution in [3.8, 4) is 5.75 Å². The zero-order valence-corrected chi connectivity index (χ0v) is 17.8. The maximum absolute atomic E-state index is 12.7. The van der Waals surface area contributed by atoms with Gasteiger partial charge in [0.25, 0.3) is 11.8 Å². The van der Waals surface area contributed by atoms with Gasteiger partial charge in [0.05, 0.1) is 23.4 Å². The fraction of sp³-hybridized carbons (Fsp3) is 0.300. The number of thiazole rings is 1. The standard InChI is InChI=1S/C20H21N5O5S/c1-23-11-24(7-8-30-2)20(29)16-18(27)17(26)12(10-25(16)23)19(28)21-9-15-22-13-5-3-4-6-14(13)31-15/h3-6,10,27H,7-9,11H2,1-2H3,(H,21,28). The van der Waals surface area contributed by atoms with Crippen molar-refractivity contribution in [3.05, 3.63) is 57.0 Å². The van der Waals surface area contributed by atoms with Gasteiger partial charge in [-0.15, -0.1) is 11.3 Å². The predicted octanol–water partition coefficient (Wildman–Crippen LogP) is 0.721. The lowest BCUT2D eigenvalue weighted by Crippen LogP contribution is -2.53. The number of nitrogens with one attached hydrogen (secondary N) is 1. The molecule has 10 nitrogen and oxygen atoms in total. The van der Waals surface area contributed by atoms with Gasteiger partial charge in [0.2, 0.25) is 5.43 Å². The monoisotopic (exact) mass is 443 g/mol. The summed E-state index contributed by atoms with van der Waals surface area (Å²) in [6.07, 6.45) is 1.27. The highest BCUT2D eigenvalue weighted by Crippen LogP contribution is 2.22. The van der Waals surface area contributed by atoms with Crippen LogP contribution in [0.15, 0.2) is 35.3 Å². The summed E-state index contributed by atoms with van der Waals surface area (Å²) in [6.45, 7) is 0.971. The fourth-order valence-corrected chi connectivity index (χ4v) is 4.28. The van der Waals surface area contributed by atoms with Gasteiger partial charge in [-0.3, -0.25) is 24.1 Å². The number of amides is 2. The van der Waals surface area contributed by atoms with Crippen molar-refractivity contribution < 1.29 is 19.4 Å². The average Bonchev–Trinajstić information content (AvgIpc) is 3.18. The number of carbonyl (C=O) groups excluding carboxylic acids is 2. The smallest absolute Gasteiger partial charge is 0.277 e. The lowest BCUT2D eigenvalue weighted by Gasteiger charge is -2.37. The topological polar surface area (TPSA) is 117 Å². The zero-order chi connectivity index (χ0) is 22.1. The van der Waals surface area contributed by atoms with E-state index in [2.05, 4.69) is 10.3 Å². The summed E-state index contributed by atoms with van der Waals surface area (Å²) < 4.78 is 7.33. The largest absolute Gasteiger partial charge is 0.502 e. The molecule has 1 aromatic carbocycles. The summed E-state index contributed by atoms with van der Waals surface area (Å²) >= 11 is 1.44. The molecule has 0 fully saturated rings. The highest BCUT2D eigenvalue weighted by molar-refractivity contribution is 7.18. The number of ether oxygens (including phenoxy) is 1. The van der Waals surface area contributed by atoms with Gasteiger partial charge >= 0.3 is 0 Å². The van der Waals surface area contributed by atoms with Gasteiger partial charge in [0, 0.05) is 26.9 Å². The maximum Gasteiger partial charge on any atom is 0.277 e. The molecule has 3 heterocycles. The number of rotatable bonds is 6. The van der Waals surface area contributed by atoms with Crippen molar-refractivity contribution in [2.24, 2.45) is 0 Å². The van der Waals surface area contributed by atoms with Crippen LogP contribution >= 0.6 is 11.3 Å². The molecule has 2 amide bonds. The van der Waals surface area contributed by atoms with Gasteiger partial charge in [0.15, 0.2) is 11.4 Å². The van der Waals surface area contributed by atoms with Crippen LogP contribution < -0.4 is 15.8 Å². The van der Waals surface area contributed by atoms with Crippen LogP contribution in [0, 0.1) is 0 Å². The summed E-state index contributed by atoms with van der Waals surface area (Å²) in [5.41, 5.74) is -0.505. The van der Waals surface area contributed by atoms with Crippen LogP contribution in [-0.4, -0.2) is 65.5 Å². The molecule has 1 aliphatic heterocycles. The molecule has 2 aromatic heterocycles. The molecule has 2 N–H and O–H groups in total. The number of hydrogen-bond donors (Lipinski definition) is 2. The van der Waals surface area contributed by atoms with Gasteiger partial charge in [0.1, 0.15) is 17.2 Å². The third-order valence-electron chi connectivity index (χ3n) is 4.95. The molecule has 1 aliphatic rings. The summed E-state index contributed by atoms with van der Waals surface area (Å²) in [4.78, 5) is 44.0. The minimum Gasteiger partial charge on any atom is -0.502 e. The zero-order valence-electron chi connectivity index (χ0n) is 17.0. The van der Waals surface area contributed by atoms with E-state index in [9.17, 15) is 19.5 Å². The van der Waals surface area contributed by atoms with Gasteiger partial charge in [-0.2, -0.15) is 0 Å². The minimum absolute atomic E-state index is 0.139. The van der Waals surface area contributed by atoms with E-state index < -0.39 is 23.0 Å². The van der Waals surface area contributed by atoms with Crippen molar-refractivity contribution in [3.63, 3.8) is 0 Å². The van der Waals surface area contributed by atoms with E-state index in [1.54, 1.807) is 12.1 Å². The van der Waals surface area contributed by atoms with Gasteiger partial charge in [-0.25, -0.2) is 4.98 Å². The van der Waals surface area contributed by atoms with Crippen LogP contribution in [0.5, 0.6) is 5.75 Å². The lowest BCUT2D eigenvalue weighted by molar-refractivity contribution is 0.0629. The summed E-state index contributed by atoms with van der Waals surface area (Å²) in [5, 5.41) is 15.4. The lowest BCUT2D eigenvalue weighted by atomic mass is 10.1. The van der Waals surface area contributed by atoms with Crippen molar-refractivity contribution in [2.45, 2.75) is 6.54 Å². The first-order chi connectivity index (χ1) is 14.9. The number of aromatic hydroxyl groups is 1. The van der Waals surface area contributed by atoms with Gasteiger partial charge < -0.3 is 20.1 Å².